The van der Waals surface area contributed by atoms with Gasteiger partial charge in [-0.05, 0) is 55.0 Å². The van der Waals surface area contributed by atoms with Gasteiger partial charge in [0.25, 0.3) is 0 Å². The van der Waals surface area contributed by atoms with Gasteiger partial charge in [-0.2, -0.15) is 0 Å². The van der Waals surface area contributed by atoms with Gasteiger partial charge in [0.1, 0.15) is 5.75 Å². The fourth-order valence-corrected chi connectivity index (χ4v) is 2.73. The number of ether oxygens (including phenoxy) is 1. The largest absolute Gasteiger partial charge is 0.497 e. The lowest BCUT2D eigenvalue weighted by Gasteiger charge is -2.14. The van der Waals surface area contributed by atoms with Crippen LogP contribution in [-0.4, -0.2) is 19.1 Å². The predicted molar refractivity (Wildman–Crippen MR) is 92.5 cm³/mol. The first-order valence-electron chi connectivity index (χ1n) is 8.19. The van der Waals surface area contributed by atoms with Crippen LogP contribution in [0.1, 0.15) is 25.3 Å². The fraction of sp³-hybridized carbons (Fsp3) is 0.350. The number of amides is 1. The van der Waals surface area contributed by atoms with E-state index in [-0.39, 0.29) is 17.9 Å². The SMILES string of the molecule is COc1ccc(-c2ccc(CC(C)NC(=O)C3CC3)cc2)cc1. The number of carbonyl (C=O) groups excluding carboxylic acids is 1. The van der Waals surface area contributed by atoms with Gasteiger partial charge in [0.2, 0.25) is 5.91 Å². The molecule has 0 aliphatic heterocycles. The van der Waals surface area contributed by atoms with Gasteiger partial charge >= 0.3 is 0 Å². The smallest absolute Gasteiger partial charge is 0.223 e. The number of hydrogen-bond acceptors (Lipinski definition) is 2. The molecule has 1 aliphatic rings. The quantitative estimate of drug-likeness (QED) is 0.881. The van der Waals surface area contributed by atoms with E-state index in [1.165, 1.54) is 16.7 Å². The highest BCUT2D eigenvalue weighted by molar-refractivity contribution is 5.81. The second kappa shape index (κ2) is 6.86. The zero-order valence-electron chi connectivity index (χ0n) is 13.7. The Morgan fingerprint density at radius 1 is 1.09 bits per heavy atom. The molecule has 3 nitrogen and oxygen atoms in total. The molecule has 1 atom stereocenters. The molecule has 0 heterocycles. The summed E-state index contributed by atoms with van der Waals surface area (Å²) in [6.45, 7) is 2.07. The Balaban J connectivity index is 1.60. The number of hydrogen-bond donors (Lipinski definition) is 1. The first-order valence-corrected chi connectivity index (χ1v) is 8.19. The van der Waals surface area contributed by atoms with Crippen LogP contribution in [0.3, 0.4) is 0 Å². The second-order valence-corrected chi connectivity index (χ2v) is 6.31. The maximum atomic E-state index is 11.8. The van der Waals surface area contributed by atoms with Crippen LogP contribution < -0.4 is 10.1 Å². The van der Waals surface area contributed by atoms with E-state index in [1.807, 2.05) is 12.1 Å². The molecule has 0 saturated heterocycles. The van der Waals surface area contributed by atoms with Gasteiger partial charge in [0.05, 0.1) is 7.11 Å². The van der Waals surface area contributed by atoms with Crippen LogP contribution in [0.4, 0.5) is 0 Å². The summed E-state index contributed by atoms with van der Waals surface area (Å²) in [5.74, 6) is 1.35. The molecule has 1 N–H and O–H groups in total. The van der Waals surface area contributed by atoms with Crippen molar-refractivity contribution in [2.75, 3.05) is 7.11 Å². The maximum absolute atomic E-state index is 11.8. The molecule has 1 aliphatic carbocycles. The van der Waals surface area contributed by atoms with E-state index in [4.69, 9.17) is 4.74 Å². The second-order valence-electron chi connectivity index (χ2n) is 6.31. The Morgan fingerprint density at radius 2 is 1.65 bits per heavy atom. The van der Waals surface area contributed by atoms with Gasteiger partial charge in [-0.15, -0.1) is 0 Å². The zero-order chi connectivity index (χ0) is 16.2. The Hall–Kier alpha value is -2.29. The molecule has 2 aromatic carbocycles. The molecule has 23 heavy (non-hydrogen) atoms. The van der Waals surface area contributed by atoms with E-state index in [2.05, 4.69) is 48.6 Å². The van der Waals surface area contributed by atoms with E-state index in [0.717, 1.165) is 25.0 Å². The van der Waals surface area contributed by atoms with E-state index < -0.39 is 0 Å². The first-order chi connectivity index (χ1) is 11.2. The van der Waals surface area contributed by atoms with Crippen LogP contribution >= 0.6 is 0 Å². The summed E-state index contributed by atoms with van der Waals surface area (Å²) in [6.07, 6.45) is 2.96. The third-order valence-corrected chi connectivity index (χ3v) is 4.26. The lowest BCUT2D eigenvalue weighted by Crippen LogP contribution is -2.35. The van der Waals surface area contributed by atoms with Crippen LogP contribution in [0.15, 0.2) is 48.5 Å². The molecule has 3 heteroatoms. The third-order valence-electron chi connectivity index (χ3n) is 4.26. The molecule has 2 aromatic rings. The molecule has 1 fully saturated rings. The average Bonchev–Trinajstić information content (AvgIpc) is 3.40. The molecule has 1 saturated carbocycles. The van der Waals surface area contributed by atoms with Crippen molar-refractivity contribution in [2.24, 2.45) is 5.92 Å². The highest BCUT2D eigenvalue weighted by Crippen LogP contribution is 2.29. The normalized spacial score (nSPS) is 15.0. The number of nitrogens with one attached hydrogen (secondary N) is 1. The summed E-state index contributed by atoms with van der Waals surface area (Å²) < 4.78 is 5.19. The Kier molecular flexibility index (Phi) is 4.65. The third kappa shape index (κ3) is 4.13. The number of carbonyl (C=O) groups is 1. The van der Waals surface area contributed by atoms with E-state index in [0.29, 0.717) is 0 Å². The molecule has 0 bridgehead atoms. The van der Waals surface area contributed by atoms with Crippen LogP contribution in [0.25, 0.3) is 11.1 Å². The molecule has 0 radical (unpaired) electrons. The van der Waals surface area contributed by atoms with Crippen LogP contribution in [-0.2, 0) is 11.2 Å². The standard InChI is InChI=1S/C20H23NO2/c1-14(21-20(22)18-7-8-18)13-15-3-5-16(6-4-15)17-9-11-19(23-2)12-10-17/h3-6,9-12,14,18H,7-8,13H2,1-2H3,(H,21,22). The van der Waals surface area contributed by atoms with Crippen LogP contribution in [0, 0.1) is 5.92 Å². The minimum absolute atomic E-state index is 0.176. The predicted octanol–water partition coefficient (Wildman–Crippen LogP) is 3.82. The minimum Gasteiger partial charge on any atom is -0.497 e. The zero-order valence-corrected chi connectivity index (χ0v) is 13.7. The topological polar surface area (TPSA) is 38.3 Å². The lowest BCUT2D eigenvalue weighted by atomic mass is 10.0. The van der Waals surface area contributed by atoms with Crippen molar-refractivity contribution in [3.8, 4) is 16.9 Å². The summed E-state index contributed by atoms with van der Waals surface area (Å²) in [4.78, 5) is 11.8. The lowest BCUT2D eigenvalue weighted by molar-refractivity contribution is -0.122. The van der Waals surface area contributed by atoms with Gasteiger partial charge in [-0.1, -0.05) is 36.4 Å². The molecule has 1 amide bonds. The van der Waals surface area contributed by atoms with Crippen molar-refractivity contribution in [1.82, 2.24) is 5.32 Å². The minimum atomic E-state index is 0.176. The van der Waals surface area contributed by atoms with E-state index in [1.54, 1.807) is 7.11 Å². The van der Waals surface area contributed by atoms with Crippen LogP contribution in [0.5, 0.6) is 5.75 Å². The average molecular weight is 309 g/mol. The molecular weight excluding hydrogens is 286 g/mol. The fourth-order valence-electron chi connectivity index (χ4n) is 2.73. The van der Waals surface area contributed by atoms with Crippen molar-refractivity contribution < 1.29 is 9.53 Å². The van der Waals surface area contributed by atoms with Gasteiger partial charge in [-0.3, -0.25) is 4.79 Å². The number of benzene rings is 2. The van der Waals surface area contributed by atoms with Crippen LogP contribution in [0.2, 0.25) is 0 Å². The van der Waals surface area contributed by atoms with Crippen molar-refractivity contribution in [2.45, 2.75) is 32.2 Å². The van der Waals surface area contributed by atoms with E-state index >= 15 is 0 Å². The van der Waals surface area contributed by atoms with Crippen molar-refractivity contribution >= 4 is 5.91 Å². The van der Waals surface area contributed by atoms with Crippen molar-refractivity contribution in [3.05, 3.63) is 54.1 Å². The van der Waals surface area contributed by atoms with E-state index in [9.17, 15) is 4.79 Å². The molecule has 0 spiro atoms. The Bertz CT molecular complexity index is 657. The van der Waals surface area contributed by atoms with Gasteiger partial charge in [-0.25, -0.2) is 0 Å². The first kappa shape index (κ1) is 15.6. The molecular formula is C20H23NO2. The summed E-state index contributed by atoms with van der Waals surface area (Å²) in [5, 5.41) is 3.10. The van der Waals surface area contributed by atoms with Crippen molar-refractivity contribution in [3.63, 3.8) is 0 Å². The monoisotopic (exact) mass is 309 g/mol. The Morgan fingerprint density at radius 3 is 2.17 bits per heavy atom. The molecule has 0 aromatic heterocycles. The Labute approximate surface area is 137 Å². The number of methoxy groups -OCH3 is 1. The highest BCUT2D eigenvalue weighted by Gasteiger charge is 2.30. The summed E-state index contributed by atoms with van der Waals surface area (Å²) >= 11 is 0. The summed E-state index contributed by atoms with van der Waals surface area (Å²) in [6, 6.07) is 16.8. The molecule has 3 rings (SSSR count). The van der Waals surface area contributed by atoms with Crippen molar-refractivity contribution in [1.29, 1.82) is 0 Å². The highest BCUT2D eigenvalue weighted by atomic mass is 16.5. The number of rotatable bonds is 6. The molecule has 1 unspecified atom stereocenters. The summed E-state index contributed by atoms with van der Waals surface area (Å²) in [5.41, 5.74) is 3.60. The van der Waals surface area contributed by atoms with Gasteiger partial charge in [0, 0.05) is 12.0 Å². The van der Waals surface area contributed by atoms with Gasteiger partial charge in [0.15, 0.2) is 0 Å². The molecule has 120 valence electrons. The van der Waals surface area contributed by atoms with Gasteiger partial charge < -0.3 is 10.1 Å². The summed E-state index contributed by atoms with van der Waals surface area (Å²) in [7, 11) is 1.67. The maximum Gasteiger partial charge on any atom is 0.223 e.